The number of rotatable bonds is 4. The molecule has 0 heterocycles. The monoisotopic (exact) mass is 264 g/mol. The van der Waals surface area contributed by atoms with Crippen molar-refractivity contribution in [3.8, 4) is 0 Å². The van der Waals surface area contributed by atoms with Crippen LogP contribution >= 0.6 is 0 Å². The van der Waals surface area contributed by atoms with Crippen LogP contribution in [0.4, 0.5) is 0 Å². The lowest BCUT2D eigenvalue weighted by molar-refractivity contribution is 0.483. The minimum Gasteiger partial charge on any atom is -0.282 e. The summed E-state index contributed by atoms with van der Waals surface area (Å²) in [6.45, 7) is 2.14. The third-order valence-electron chi connectivity index (χ3n) is 3.04. The average molecular weight is 264 g/mol. The minimum atomic E-state index is -4.12. The summed E-state index contributed by atoms with van der Waals surface area (Å²) in [7, 11) is -4.12. The maximum atomic E-state index is 11.1. The van der Waals surface area contributed by atoms with E-state index in [0.717, 1.165) is 30.0 Å². The summed E-state index contributed by atoms with van der Waals surface area (Å²) < 4.78 is 31.2. The van der Waals surface area contributed by atoms with Crippen molar-refractivity contribution in [1.82, 2.24) is 0 Å². The van der Waals surface area contributed by atoms with Gasteiger partial charge in [0.05, 0.1) is 4.90 Å². The smallest absolute Gasteiger partial charge is 0.282 e. The van der Waals surface area contributed by atoms with E-state index in [2.05, 4.69) is 13.0 Å². The highest BCUT2D eigenvalue weighted by atomic mass is 32.2. The Hall–Kier alpha value is -1.39. The number of hydrogen-bond acceptors (Lipinski definition) is 2. The summed E-state index contributed by atoms with van der Waals surface area (Å²) in [4.78, 5) is -0.0531. The first-order valence-corrected chi connectivity index (χ1v) is 7.45. The number of unbranched alkanes of at least 4 members (excludes halogenated alkanes) is 1. The Labute approximate surface area is 107 Å². The number of benzene rings is 2. The molecule has 0 aliphatic carbocycles. The van der Waals surface area contributed by atoms with E-state index in [-0.39, 0.29) is 4.90 Å². The van der Waals surface area contributed by atoms with Gasteiger partial charge in [-0.15, -0.1) is 0 Å². The van der Waals surface area contributed by atoms with Crippen molar-refractivity contribution < 1.29 is 13.0 Å². The van der Waals surface area contributed by atoms with E-state index in [4.69, 9.17) is 4.55 Å². The molecule has 0 spiro atoms. The van der Waals surface area contributed by atoms with Crippen molar-refractivity contribution in [2.75, 3.05) is 0 Å². The maximum Gasteiger partial charge on any atom is 0.294 e. The molecule has 0 saturated heterocycles. The highest BCUT2D eigenvalue weighted by Crippen LogP contribution is 2.23. The van der Waals surface area contributed by atoms with E-state index >= 15 is 0 Å². The van der Waals surface area contributed by atoms with Crippen LogP contribution in [0.3, 0.4) is 0 Å². The van der Waals surface area contributed by atoms with E-state index in [0.29, 0.717) is 0 Å². The molecule has 1 N–H and O–H groups in total. The van der Waals surface area contributed by atoms with Crippen LogP contribution in [0.2, 0.25) is 0 Å². The highest BCUT2D eigenvalue weighted by molar-refractivity contribution is 7.85. The molecule has 2 rings (SSSR count). The third kappa shape index (κ3) is 2.71. The molecule has 96 valence electrons. The maximum absolute atomic E-state index is 11.1. The quantitative estimate of drug-likeness (QED) is 0.861. The van der Waals surface area contributed by atoms with Crippen LogP contribution in [0.15, 0.2) is 41.3 Å². The standard InChI is InChI=1S/C14H16O3S/c1-2-3-5-11-6-4-7-12-10-13(18(15,16)17)8-9-14(11)12/h4,6-10H,2-3,5H2,1H3,(H,15,16,17). The van der Waals surface area contributed by atoms with Crippen LogP contribution in [0.1, 0.15) is 25.3 Å². The summed E-state index contributed by atoms with van der Waals surface area (Å²) in [5.74, 6) is 0. The van der Waals surface area contributed by atoms with Gasteiger partial charge in [-0.25, -0.2) is 0 Å². The molecule has 0 radical (unpaired) electrons. The van der Waals surface area contributed by atoms with Crippen LogP contribution in [-0.2, 0) is 16.5 Å². The fourth-order valence-electron chi connectivity index (χ4n) is 2.07. The molecule has 0 aliphatic rings. The fraction of sp³-hybridized carbons (Fsp3) is 0.286. The van der Waals surface area contributed by atoms with Gasteiger partial charge in [-0.1, -0.05) is 37.6 Å². The van der Waals surface area contributed by atoms with Gasteiger partial charge < -0.3 is 0 Å². The van der Waals surface area contributed by atoms with Crippen LogP contribution in [0.25, 0.3) is 10.8 Å². The van der Waals surface area contributed by atoms with E-state index in [1.54, 1.807) is 6.07 Å². The molecule has 0 aliphatic heterocycles. The number of aryl methyl sites for hydroxylation is 1. The van der Waals surface area contributed by atoms with Crippen molar-refractivity contribution in [2.45, 2.75) is 31.1 Å². The topological polar surface area (TPSA) is 54.4 Å². The van der Waals surface area contributed by atoms with Crippen molar-refractivity contribution in [3.05, 3.63) is 42.0 Å². The fourth-order valence-corrected chi connectivity index (χ4v) is 2.59. The second kappa shape index (κ2) is 5.08. The molecular weight excluding hydrogens is 248 g/mol. The van der Waals surface area contributed by atoms with Crippen LogP contribution in [0, 0.1) is 0 Å². The summed E-state index contributed by atoms with van der Waals surface area (Å²) in [6, 6.07) is 10.6. The van der Waals surface area contributed by atoms with E-state index in [9.17, 15) is 8.42 Å². The highest BCUT2D eigenvalue weighted by Gasteiger charge is 2.10. The van der Waals surface area contributed by atoms with Gasteiger partial charge in [-0.3, -0.25) is 4.55 Å². The van der Waals surface area contributed by atoms with Crippen molar-refractivity contribution in [3.63, 3.8) is 0 Å². The third-order valence-corrected chi connectivity index (χ3v) is 3.89. The zero-order valence-corrected chi connectivity index (χ0v) is 11.1. The number of hydrogen-bond donors (Lipinski definition) is 1. The minimum absolute atomic E-state index is 0.0531. The van der Waals surface area contributed by atoms with Gasteiger partial charge in [-0.05, 0) is 41.3 Å². The first-order chi connectivity index (χ1) is 8.52. The Morgan fingerprint density at radius 3 is 2.61 bits per heavy atom. The summed E-state index contributed by atoms with van der Waals surface area (Å²) in [5.41, 5.74) is 1.22. The van der Waals surface area contributed by atoms with Gasteiger partial charge in [0.15, 0.2) is 0 Å². The van der Waals surface area contributed by atoms with Crippen molar-refractivity contribution >= 4 is 20.9 Å². The lowest BCUT2D eigenvalue weighted by atomic mass is 10.0. The predicted octanol–water partition coefficient (Wildman–Crippen LogP) is 3.43. The first-order valence-electron chi connectivity index (χ1n) is 6.01. The molecule has 0 fully saturated rings. The summed E-state index contributed by atoms with van der Waals surface area (Å²) >= 11 is 0. The van der Waals surface area contributed by atoms with Gasteiger partial charge in [-0.2, -0.15) is 8.42 Å². The second-order valence-electron chi connectivity index (χ2n) is 4.38. The zero-order valence-electron chi connectivity index (χ0n) is 10.3. The molecule has 4 heteroatoms. The molecule has 2 aromatic carbocycles. The Bertz CT molecular complexity index is 660. The lowest BCUT2D eigenvalue weighted by Crippen LogP contribution is -1.98. The molecule has 18 heavy (non-hydrogen) atoms. The molecular formula is C14H16O3S. The first kappa shape index (κ1) is 13.1. The second-order valence-corrected chi connectivity index (χ2v) is 5.80. The largest absolute Gasteiger partial charge is 0.294 e. The van der Waals surface area contributed by atoms with Gasteiger partial charge in [0.25, 0.3) is 10.1 Å². The molecule has 0 atom stereocenters. The molecule has 0 bridgehead atoms. The van der Waals surface area contributed by atoms with Crippen LogP contribution in [0.5, 0.6) is 0 Å². The Kier molecular flexibility index (Phi) is 3.68. The molecule has 0 saturated carbocycles. The van der Waals surface area contributed by atoms with Crippen LogP contribution < -0.4 is 0 Å². The van der Waals surface area contributed by atoms with Gasteiger partial charge >= 0.3 is 0 Å². The SMILES string of the molecule is CCCCc1cccc2cc(S(=O)(=O)O)ccc12. The van der Waals surface area contributed by atoms with Gasteiger partial charge in [0.1, 0.15) is 0 Å². The van der Waals surface area contributed by atoms with E-state index < -0.39 is 10.1 Å². The Morgan fingerprint density at radius 2 is 1.94 bits per heavy atom. The van der Waals surface area contributed by atoms with Crippen molar-refractivity contribution in [1.29, 1.82) is 0 Å². The predicted molar refractivity (Wildman–Crippen MR) is 72.4 cm³/mol. The molecule has 3 nitrogen and oxygen atoms in total. The normalized spacial score (nSPS) is 11.9. The summed E-state index contributed by atoms with van der Waals surface area (Å²) in [5, 5.41) is 1.90. The van der Waals surface area contributed by atoms with Crippen LogP contribution in [-0.4, -0.2) is 13.0 Å². The molecule has 0 amide bonds. The number of fused-ring (bicyclic) bond motifs is 1. The summed E-state index contributed by atoms with van der Waals surface area (Å²) in [6.07, 6.45) is 3.22. The van der Waals surface area contributed by atoms with Crippen molar-refractivity contribution in [2.24, 2.45) is 0 Å². The molecule has 2 aromatic rings. The Balaban J connectivity index is 2.53. The zero-order chi connectivity index (χ0) is 13.2. The Morgan fingerprint density at radius 1 is 1.17 bits per heavy atom. The lowest BCUT2D eigenvalue weighted by Gasteiger charge is -2.07. The van der Waals surface area contributed by atoms with E-state index in [1.807, 2.05) is 12.1 Å². The average Bonchev–Trinajstić information content (AvgIpc) is 2.34. The molecule has 0 unspecified atom stereocenters. The molecule has 0 aromatic heterocycles. The van der Waals surface area contributed by atoms with Gasteiger partial charge in [0, 0.05) is 0 Å². The van der Waals surface area contributed by atoms with E-state index in [1.165, 1.54) is 17.7 Å². The van der Waals surface area contributed by atoms with Gasteiger partial charge in [0.2, 0.25) is 0 Å².